The van der Waals surface area contributed by atoms with Gasteiger partial charge < -0.3 is 4.74 Å². The van der Waals surface area contributed by atoms with Crippen LogP contribution in [0.5, 0.6) is 0 Å². The Kier molecular flexibility index (Phi) is 1.90. The van der Waals surface area contributed by atoms with Gasteiger partial charge in [0, 0.05) is 0 Å². The molecule has 4 unspecified atom stereocenters. The summed E-state index contributed by atoms with van der Waals surface area (Å²) in [5, 5.41) is 0. The van der Waals surface area contributed by atoms with E-state index in [0.29, 0.717) is 11.5 Å². The zero-order valence-corrected chi connectivity index (χ0v) is 8.87. The topological polar surface area (TPSA) is 9.23 Å². The van der Waals surface area contributed by atoms with E-state index in [-0.39, 0.29) is 0 Å². The number of ether oxygens (including phenoxy) is 1. The van der Waals surface area contributed by atoms with Gasteiger partial charge in [0.1, 0.15) is 0 Å². The number of hydrogen-bond donors (Lipinski definition) is 0. The zero-order chi connectivity index (χ0) is 9.60. The fourth-order valence-corrected chi connectivity index (χ4v) is 4.59. The molecule has 0 spiro atoms. The Hall–Kier alpha value is -0.460. The van der Waals surface area contributed by atoms with Crippen molar-refractivity contribution >= 4 is 0 Å². The van der Waals surface area contributed by atoms with Crippen molar-refractivity contribution in [2.45, 2.75) is 51.0 Å². The highest BCUT2D eigenvalue weighted by atomic mass is 16.5. The van der Waals surface area contributed by atoms with Crippen molar-refractivity contribution in [3.8, 4) is 0 Å². The van der Waals surface area contributed by atoms with Crippen LogP contribution >= 0.6 is 0 Å². The minimum Gasteiger partial charge on any atom is -0.499 e. The first-order valence-electron chi connectivity index (χ1n) is 6.10. The second kappa shape index (κ2) is 3.01. The van der Waals surface area contributed by atoms with Crippen LogP contribution in [-0.4, -0.2) is 6.10 Å². The van der Waals surface area contributed by atoms with E-state index in [9.17, 15) is 0 Å². The first-order chi connectivity index (χ1) is 6.84. The predicted molar refractivity (Wildman–Crippen MR) is 56.8 cm³/mol. The van der Waals surface area contributed by atoms with E-state index in [1.807, 2.05) is 0 Å². The molecule has 0 saturated heterocycles. The maximum Gasteiger partial charge on any atom is 0.0986 e. The molecule has 0 N–H and O–H groups in total. The highest BCUT2D eigenvalue weighted by Gasteiger charge is 2.56. The summed E-state index contributed by atoms with van der Waals surface area (Å²) in [5.41, 5.74) is 0.705. The highest BCUT2D eigenvalue weighted by Crippen LogP contribution is 2.63. The average molecular weight is 192 g/mol. The lowest BCUT2D eigenvalue weighted by molar-refractivity contribution is 0.125. The van der Waals surface area contributed by atoms with Gasteiger partial charge in [0.2, 0.25) is 0 Å². The van der Waals surface area contributed by atoms with Gasteiger partial charge in [-0.05, 0) is 49.4 Å². The second-order valence-corrected chi connectivity index (χ2v) is 5.52. The van der Waals surface area contributed by atoms with Crippen LogP contribution in [0.1, 0.15) is 44.9 Å². The first-order valence-corrected chi connectivity index (χ1v) is 6.10. The molecule has 0 heterocycles. The monoisotopic (exact) mass is 192 g/mol. The summed E-state index contributed by atoms with van der Waals surface area (Å²) in [5.74, 6) is 2.04. The van der Waals surface area contributed by atoms with E-state index in [2.05, 4.69) is 6.58 Å². The molecule has 1 nitrogen and oxygen atoms in total. The normalized spacial score (nSPS) is 50.1. The Morgan fingerprint density at radius 3 is 3.00 bits per heavy atom. The molecule has 0 aromatic heterocycles. The summed E-state index contributed by atoms with van der Waals surface area (Å²) >= 11 is 0. The Morgan fingerprint density at radius 1 is 1.29 bits per heavy atom. The SMILES string of the molecule is C=COC1CC2C3CCCC2(CC3)C1. The molecule has 0 aromatic carbocycles. The van der Waals surface area contributed by atoms with Crippen LogP contribution < -0.4 is 0 Å². The molecule has 4 atom stereocenters. The summed E-state index contributed by atoms with van der Waals surface area (Å²) in [6, 6.07) is 0. The van der Waals surface area contributed by atoms with Crippen LogP contribution in [0.2, 0.25) is 0 Å². The van der Waals surface area contributed by atoms with Crippen molar-refractivity contribution < 1.29 is 4.74 Å². The summed E-state index contributed by atoms with van der Waals surface area (Å²) in [7, 11) is 0. The van der Waals surface area contributed by atoms with E-state index in [1.165, 1.54) is 44.9 Å². The Labute approximate surface area is 86.5 Å². The summed E-state index contributed by atoms with van der Waals surface area (Å²) < 4.78 is 5.61. The van der Waals surface area contributed by atoms with Gasteiger partial charge in [0.05, 0.1) is 12.4 Å². The maximum absolute atomic E-state index is 5.61. The predicted octanol–water partition coefficient (Wildman–Crippen LogP) is 3.51. The molecular weight excluding hydrogens is 172 g/mol. The molecule has 0 aliphatic heterocycles. The molecule has 1 heteroatoms. The van der Waals surface area contributed by atoms with Gasteiger partial charge in [-0.25, -0.2) is 0 Å². The molecule has 3 rings (SSSR count). The van der Waals surface area contributed by atoms with Gasteiger partial charge in [-0.15, -0.1) is 0 Å². The second-order valence-electron chi connectivity index (χ2n) is 5.52. The largest absolute Gasteiger partial charge is 0.499 e. The minimum atomic E-state index is 0.499. The number of rotatable bonds is 2. The maximum atomic E-state index is 5.61. The molecule has 3 aliphatic rings. The van der Waals surface area contributed by atoms with Crippen LogP contribution in [0.15, 0.2) is 12.8 Å². The first kappa shape index (κ1) is 8.82. The molecule has 0 radical (unpaired) electrons. The molecule has 3 fully saturated rings. The van der Waals surface area contributed by atoms with Crippen LogP contribution in [0, 0.1) is 17.3 Å². The van der Waals surface area contributed by atoms with E-state index in [0.717, 1.165) is 11.8 Å². The van der Waals surface area contributed by atoms with Crippen molar-refractivity contribution in [3.05, 3.63) is 12.8 Å². The van der Waals surface area contributed by atoms with E-state index >= 15 is 0 Å². The lowest BCUT2D eigenvalue weighted by atomic mass is 9.69. The van der Waals surface area contributed by atoms with Crippen molar-refractivity contribution in [1.82, 2.24) is 0 Å². The molecule has 0 aromatic rings. The minimum absolute atomic E-state index is 0.499. The van der Waals surface area contributed by atoms with Gasteiger partial charge in [-0.3, -0.25) is 0 Å². The summed E-state index contributed by atoms with van der Waals surface area (Å²) in [4.78, 5) is 0. The third kappa shape index (κ3) is 1.07. The molecule has 3 aliphatic carbocycles. The Morgan fingerprint density at radius 2 is 2.21 bits per heavy atom. The van der Waals surface area contributed by atoms with Gasteiger partial charge in [-0.1, -0.05) is 19.4 Å². The molecule has 78 valence electrons. The van der Waals surface area contributed by atoms with Crippen molar-refractivity contribution in [3.63, 3.8) is 0 Å². The quantitative estimate of drug-likeness (QED) is 0.608. The molecular formula is C13H20O. The third-order valence-electron chi connectivity index (χ3n) is 5.06. The Bertz CT molecular complexity index is 244. The third-order valence-corrected chi connectivity index (χ3v) is 5.06. The summed E-state index contributed by atoms with van der Waals surface area (Å²) in [6.45, 7) is 3.68. The van der Waals surface area contributed by atoms with Gasteiger partial charge in [0.25, 0.3) is 0 Å². The fourth-order valence-electron chi connectivity index (χ4n) is 4.59. The highest BCUT2D eigenvalue weighted by molar-refractivity contribution is 5.06. The smallest absolute Gasteiger partial charge is 0.0986 e. The molecule has 3 saturated carbocycles. The van der Waals surface area contributed by atoms with Crippen molar-refractivity contribution in [1.29, 1.82) is 0 Å². The summed E-state index contributed by atoms with van der Waals surface area (Å²) in [6.07, 6.45) is 12.2. The lowest BCUT2D eigenvalue weighted by Crippen LogP contribution is -2.26. The standard InChI is InChI=1S/C13H20O/c1-2-14-11-8-12-10-4-3-6-13(12,9-11)7-5-10/h2,10-12H,1,3-9H2. The van der Waals surface area contributed by atoms with Crippen LogP contribution in [0.3, 0.4) is 0 Å². The lowest BCUT2D eigenvalue weighted by Gasteiger charge is -2.35. The van der Waals surface area contributed by atoms with Gasteiger partial charge in [-0.2, -0.15) is 0 Å². The van der Waals surface area contributed by atoms with Gasteiger partial charge >= 0.3 is 0 Å². The molecule has 2 bridgehead atoms. The fraction of sp³-hybridized carbons (Fsp3) is 0.846. The Balaban J connectivity index is 1.80. The van der Waals surface area contributed by atoms with Crippen molar-refractivity contribution in [2.75, 3.05) is 0 Å². The molecule has 0 amide bonds. The van der Waals surface area contributed by atoms with Crippen molar-refractivity contribution in [2.24, 2.45) is 17.3 Å². The molecule has 14 heavy (non-hydrogen) atoms. The van der Waals surface area contributed by atoms with E-state index < -0.39 is 0 Å². The van der Waals surface area contributed by atoms with E-state index in [4.69, 9.17) is 4.74 Å². The van der Waals surface area contributed by atoms with Crippen LogP contribution in [-0.2, 0) is 4.74 Å². The van der Waals surface area contributed by atoms with Gasteiger partial charge in [0.15, 0.2) is 0 Å². The van der Waals surface area contributed by atoms with E-state index in [1.54, 1.807) is 6.26 Å². The number of hydrogen-bond acceptors (Lipinski definition) is 1. The zero-order valence-electron chi connectivity index (χ0n) is 8.87. The average Bonchev–Trinajstić information content (AvgIpc) is 2.58. The van der Waals surface area contributed by atoms with Crippen LogP contribution in [0.25, 0.3) is 0 Å². The van der Waals surface area contributed by atoms with Crippen LogP contribution in [0.4, 0.5) is 0 Å².